The largest absolute Gasteiger partial charge is 0.488 e. The number of hydrogen-bond acceptors (Lipinski definition) is 3. The van der Waals surface area contributed by atoms with Crippen LogP contribution in [0.3, 0.4) is 0 Å². The van der Waals surface area contributed by atoms with Gasteiger partial charge in [0.05, 0.1) is 12.1 Å². The van der Waals surface area contributed by atoms with Gasteiger partial charge < -0.3 is 9.84 Å². The summed E-state index contributed by atoms with van der Waals surface area (Å²) in [6.45, 7) is 9.56. The lowest BCUT2D eigenvalue weighted by Gasteiger charge is -2.21. The second-order valence-electron chi connectivity index (χ2n) is 5.93. The molecular weight excluding hydrogens is 266 g/mol. The molecule has 1 aromatic rings. The zero-order chi connectivity index (χ0) is 15.9. The molecule has 1 rings (SSSR count). The van der Waals surface area contributed by atoms with E-state index in [0.717, 1.165) is 11.3 Å². The molecule has 0 aliphatic rings. The van der Waals surface area contributed by atoms with Crippen molar-refractivity contribution in [2.75, 3.05) is 0 Å². The molecule has 5 nitrogen and oxygen atoms in total. The van der Waals surface area contributed by atoms with Gasteiger partial charge in [-0.05, 0) is 56.8 Å². The molecule has 1 aromatic carbocycles. The van der Waals surface area contributed by atoms with E-state index >= 15 is 0 Å². The Bertz CT molecular complexity index is 499. The van der Waals surface area contributed by atoms with E-state index in [1.807, 2.05) is 45.0 Å². The molecule has 2 atom stereocenters. The molecule has 0 saturated carbocycles. The molecule has 0 radical (unpaired) electrons. The first-order valence-corrected chi connectivity index (χ1v) is 6.97. The molecule has 21 heavy (non-hydrogen) atoms. The monoisotopic (exact) mass is 289 g/mol. The number of benzene rings is 1. The molecule has 1 N–H and O–H groups in total. The van der Waals surface area contributed by atoms with Crippen molar-refractivity contribution >= 4 is 0 Å². The Labute approximate surface area is 125 Å². The summed E-state index contributed by atoms with van der Waals surface area (Å²) in [5, 5.41) is 13.6. The molecule has 0 aromatic heterocycles. The van der Waals surface area contributed by atoms with Crippen LogP contribution >= 0.6 is 0 Å². The van der Waals surface area contributed by atoms with Crippen molar-refractivity contribution in [3.8, 4) is 5.75 Å². The maximum absolute atomic E-state index is 9.95. The van der Waals surface area contributed by atoms with E-state index in [2.05, 4.69) is 16.6 Å². The molecule has 0 saturated heterocycles. The molecule has 0 bridgehead atoms. The third-order valence-electron chi connectivity index (χ3n) is 2.84. The second kappa shape index (κ2) is 7.72. The molecule has 0 spiro atoms. The van der Waals surface area contributed by atoms with Crippen LogP contribution in [0.4, 0.5) is 0 Å². The summed E-state index contributed by atoms with van der Waals surface area (Å²) in [5.74, 6) is 0.790. The number of hydrogen-bond donors (Lipinski definition) is 1. The highest BCUT2D eigenvalue weighted by molar-refractivity contribution is 5.28. The number of aliphatic hydroxyl groups is 1. The molecular formula is C16H23N3O2. The topological polar surface area (TPSA) is 78.2 Å². The van der Waals surface area contributed by atoms with Crippen molar-refractivity contribution in [2.24, 2.45) is 5.11 Å². The molecule has 0 aliphatic heterocycles. The van der Waals surface area contributed by atoms with Crippen LogP contribution in [0.5, 0.6) is 5.75 Å². The summed E-state index contributed by atoms with van der Waals surface area (Å²) in [7, 11) is 0. The highest BCUT2D eigenvalue weighted by Gasteiger charge is 2.17. The van der Waals surface area contributed by atoms with Gasteiger partial charge in [-0.2, -0.15) is 0 Å². The van der Waals surface area contributed by atoms with Gasteiger partial charge in [-0.3, -0.25) is 0 Å². The quantitative estimate of drug-likeness (QED) is 0.356. The zero-order valence-corrected chi connectivity index (χ0v) is 12.9. The molecule has 5 heteroatoms. The predicted octanol–water partition coefficient (Wildman–Crippen LogP) is 4.02. The van der Waals surface area contributed by atoms with Crippen LogP contribution in [0.2, 0.25) is 0 Å². The zero-order valence-electron chi connectivity index (χ0n) is 12.9. The van der Waals surface area contributed by atoms with Crippen LogP contribution in [0.25, 0.3) is 10.4 Å². The van der Waals surface area contributed by atoms with Crippen LogP contribution in [0.15, 0.2) is 42.0 Å². The lowest BCUT2D eigenvalue weighted by Crippen LogP contribution is -2.25. The van der Waals surface area contributed by atoms with Crippen molar-refractivity contribution in [1.29, 1.82) is 0 Å². The maximum Gasteiger partial charge on any atom is 0.120 e. The fourth-order valence-corrected chi connectivity index (χ4v) is 1.94. The van der Waals surface area contributed by atoms with Gasteiger partial charge in [0.2, 0.25) is 0 Å². The molecule has 0 heterocycles. The molecule has 0 unspecified atom stereocenters. The van der Waals surface area contributed by atoms with E-state index in [-0.39, 0.29) is 5.60 Å². The van der Waals surface area contributed by atoms with Gasteiger partial charge in [0.25, 0.3) is 0 Å². The summed E-state index contributed by atoms with van der Waals surface area (Å²) in [4.78, 5) is 2.81. The van der Waals surface area contributed by atoms with Crippen LogP contribution in [-0.2, 0) is 6.42 Å². The van der Waals surface area contributed by atoms with Gasteiger partial charge in [0, 0.05) is 4.91 Å². The average molecular weight is 289 g/mol. The van der Waals surface area contributed by atoms with E-state index in [1.54, 1.807) is 6.08 Å². The van der Waals surface area contributed by atoms with Crippen molar-refractivity contribution in [2.45, 2.75) is 51.4 Å². The lowest BCUT2D eigenvalue weighted by atomic mass is 10.00. The first-order chi connectivity index (χ1) is 9.85. The smallest absolute Gasteiger partial charge is 0.120 e. The minimum atomic E-state index is -0.719. The average Bonchev–Trinajstić information content (AvgIpc) is 2.39. The lowest BCUT2D eigenvalue weighted by molar-refractivity contribution is 0.131. The van der Waals surface area contributed by atoms with E-state index < -0.39 is 12.1 Å². The van der Waals surface area contributed by atoms with Crippen molar-refractivity contribution < 1.29 is 9.84 Å². The van der Waals surface area contributed by atoms with Crippen LogP contribution in [0, 0.1) is 0 Å². The fourth-order valence-electron chi connectivity index (χ4n) is 1.94. The number of aliphatic hydroxyl groups excluding tert-OH is 1. The fraction of sp³-hybridized carbons (Fsp3) is 0.500. The number of ether oxygens (including phenoxy) is 1. The van der Waals surface area contributed by atoms with Gasteiger partial charge >= 0.3 is 0 Å². The van der Waals surface area contributed by atoms with E-state index in [0.29, 0.717) is 12.8 Å². The Morgan fingerprint density at radius 2 is 2.00 bits per heavy atom. The summed E-state index contributed by atoms with van der Waals surface area (Å²) in [6.07, 6.45) is 1.78. The van der Waals surface area contributed by atoms with Gasteiger partial charge in [-0.1, -0.05) is 23.3 Å². The number of azide groups is 1. The van der Waals surface area contributed by atoms with Crippen molar-refractivity contribution in [3.63, 3.8) is 0 Å². The van der Waals surface area contributed by atoms with Crippen molar-refractivity contribution in [3.05, 3.63) is 52.9 Å². The first kappa shape index (κ1) is 17.1. The third kappa shape index (κ3) is 6.34. The Balaban J connectivity index is 2.76. The van der Waals surface area contributed by atoms with E-state index in [9.17, 15) is 5.11 Å². The molecule has 114 valence electrons. The second-order valence-corrected chi connectivity index (χ2v) is 5.93. The van der Waals surface area contributed by atoms with Crippen molar-refractivity contribution in [1.82, 2.24) is 0 Å². The minimum absolute atomic E-state index is 0.241. The summed E-state index contributed by atoms with van der Waals surface area (Å²) in [6, 6.07) is 7.10. The maximum atomic E-state index is 9.95. The third-order valence-corrected chi connectivity index (χ3v) is 2.84. The minimum Gasteiger partial charge on any atom is -0.488 e. The van der Waals surface area contributed by atoms with Gasteiger partial charge in [0.15, 0.2) is 0 Å². The Morgan fingerprint density at radius 3 is 2.48 bits per heavy atom. The van der Waals surface area contributed by atoms with Crippen LogP contribution in [-0.4, -0.2) is 22.9 Å². The molecule has 0 aliphatic carbocycles. The van der Waals surface area contributed by atoms with Crippen LogP contribution < -0.4 is 4.74 Å². The molecule has 0 fully saturated rings. The molecule has 0 amide bonds. The first-order valence-electron chi connectivity index (χ1n) is 6.97. The summed E-state index contributed by atoms with van der Waals surface area (Å²) < 4.78 is 5.75. The Morgan fingerprint density at radius 1 is 1.38 bits per heavy atom. The Kier molecular flexibility index (Phi) is 6.28. The van der Waals surface area contributed by atoms with Gasteiger partial charge in [-0.15, -0.1) is 6.58 Å². The Hall–Kier alpha value is -1.97. The van der Waals surface area contributed by atoms with Gasteiger partial charge in [-0.25, -0.2) is 0 Å². The standard InChI is InChI=1S/C16H23N3O2/c1-5-6-15(20)14(18-19-17)11-12-7-9-13(10-8-12)21-16(2,3)4/h5,7-10,14-15,20H,1,6,11H2,2-4H3/t14-,15-/m0/s1. The number of nitrogens with zero attached hydrogens (tertiary/aromatic N) is 3. The highest BCUT2D eigenvalue weighted by atomic mass is 16.5. The highest BCUT2D eigenvalue weighted by Crippen LogP contribution is 2.20. The van der Waals surface area contributed by atoms with Crippen LogP contribution in [0.1, 0.15) is 32.8 Å². The number of rotatable bonds is 7. The predicted molar refractivity (Wildman–Crippen MR) is 84.3 cm³/mol. The van der Waals surface area contributed by atoms with E-state index in [4.69, 9.17) is 10.3 Å². The summed E-state index contributed by atoms with van der Waals surface area (Å²) in [5.41, 5.74) is 9.35. The van der Waals surface area contributed by atoms with E-state index in [1.165, 1.54) is 0 Å². The SMILES string of the molecule is C=CC[C@H](O)[C@H](Cc1ccc(OC(C)(C)C)cc1)N=[N+]=[N-]. The normalized spacial score (nSPS) is 13.9. The summed E-state index contributed by atoms with van der Waals surface area (Å²) >= 11 is 0. The van der Waals surface area contributed by atoms with Gasteiger partial charge in [0.1, 0.15) is 11.4 Å².